The zero-order valence-corrected chi connectivity index (χ0v) is 11.5. The highest BCUT2D eigenvalue weighted by atomic mass is 19.3. The summed E-state index contributed by atoms with van der Waals surface area (Å²) in [5, 5.41) is 2.45. The number of ether oxygens (including phenoxy) is 1. The Morgan fingerprint density at radius 1 is 1.37 bits per heavy atom. The van der Waals surface area contributed by atoms with Gasteiger partial charge in [-0.2, -0.15) is 0 Å². The number of amides is 1. The fourth-order valence-electron chi connectivity index (χ4n) is 2.13. The van der Waals surface area contributed by atoms with Gasteiger partial charge in [0.2, 0.25) is 5.92 Å². The lowest BCUT2D eigenvalue weighted by atomic mass is 9.82. The van der Waals surface area contributed by atoms with Gasteiger partial charge in [-0.05, 0) is 39.5 Å². The third kappa shape index (κ3) is 5.53. The van der Waals surface area contributed by atoms with Gasteiger partial charge in [-0.1, -0.05) is 0 Å². The minimum Gasteiger partial charge on any atom is -0.444 e. The highest BCUT2D eigenvalue weighted by molar-refractivity contribution is 5.73. The monoisotopic (exact) mass is 277 g/mol. The summed E-state index contributed by atoms with van der Waals surface area (Å²) >= 11 is 0. The number of alkyl carbamates (subject to hydrolysis) is 1. The van der Waals surface area contributed by atoms with Crippen molar-refractivity contribution in [3.63, 3.8) is 0 Å². The van der Waals surface area contributed by atoms with Crippen LogP contribution in [-0.2, 0) is 9.53 Å². The van der Waals surface area contributed by atoms with Gasteiger partial charge >= 0.3 is 6.09 Å². The first kappa shape index (κ1) is 15.9. The zero-order chi connectivity index (χ0) is 14.7. The first-order valence-electron chi connectivity index (χ1n) is 6.45. The second kappa shape index (κ2) is 5.84. The average molecular weight is 277 g/mol. The van der Waals surface area contributed by atoms with E-state index < -0.39 is 23.7 Å². The normalized spacial score (nSPS) is 21.5. The van der Waals surface area contributed by atoms with Crippen molar-refractivity contribution in [2.75, 3.05) is 0 Å². The van der Waals surface area contributed by atoms with Crippen molar-refractivity contribution < 1.29 is 23.1 Å². The molecule has 0 saturated heterocycles. The van der Waals surface area contributed by atoms with Crippen LogP contribution in [0.2, 0.25) is 0 Å². The third-order valence-electron chi connectivity index (χ3n) is 3.10. The van der Waals surface area contributed by atoms with Crippen LogP contribution >= 0.6 is 0 Å². The number of rotatable bonds is 3. The molecule has 1 N–H and O–H groups in total. The summed E-state index contributed by atoms with van der Waals surface area (Å²) in [5.74, 6) is -2.89. The van der Waals surface area contributed by atoms with Gasteiger partial charge in [-0.25, -0.2) is 13.6 Å². The number of hydrogen-bond acceptors (Lipinski definition) is 3. The molecule has 0 aromatic heterocycles. The van der Waals surface area contributed by atoms with Gasteiger partial charge in [-0.15, -0.1) is 0 Å². The summed E-state index contributed by atoms with van der Waals surface area (Å²) in [4.78, 5) is 22.6. The first-order chi connectivity index (χ1) is 8.63. The highest BCUT2D eigenvalue weighted by Crippen LogP contribution is 2.37. The molecule has 1 saturated carbocycles. The van der Waals surface area contributed by atoms with Crippen LogP contribution in [0.3, 0.4) is 0 Å². The van der Waals surface area contributed by atoms with Crippen molar-refractivity contribution in [3.8, 4) is 0 Å². The lowest BCUT2D eigenvalue weighted by molar-refractivity contribution is -0.112. The van der Waals surface area contributed by atoms with Gasteiger partial charge in [0.15, 0.2) is 0 Å². The quantitative estimate of drug-likeness (QED) is 0.807. The van der Waals surface area contributed by atoms with Crippen LogP contribution in [0.5, 0.6) is 0 Å². The van der Waals surface area contributed by atoms with Gasteiger partial charge < -0.3 is 14.8 Å². The molecule has 1 fully saturated rings. The average Bonchev–Trinajstić information content (AvgIpc) is 2.24. The molecule has 1 aliphatic carbocycles. The molecule has 0 aromatic carbocycles. The molecule has 4 nitrogen and oxygen atoms in total. The van der Waals surface area contributed by atoms with Gasteiger partial charge in [0.05, 0.1) is 6.04 Å². The molecule has 0 unspecified atom stereocenters. The number of halogens is 2. The van der Waals surface area contributed by atoms with E-state index in [1.807, 2.05) is 0 Å². The predicted octanol–water partition coefficient (Wildman–Crippen LogP) is 2.90. The Bertz CT molecular complexity index is 329. The van der Waals surface area contributed by atoms with Crippen LogP contribution in [0.1, 0.15) is 46.5 Å². The lowest BCUT2D eigenvalue weighted by Crippen LogP contribution is -2.45. The summed E-state index contributed by atoms with van der Waals surface area (Å²) in [6, 6.07) is -0.758. The van der Waals surface area contributed by atoms with Crippen molar-refractivity contribution in [2.24, 2.45) is 5.92 Å². The molecular weight excluding hydrogens is 256 g/mol. The number of hydrogen-bond donors (Lipinski definition) is 1. The molecule has 0 radical (unpaired) electrons. The molecule has 0 bridgehead atoms. The predicted molar refractivity (Wildman–Crippen MR) is 66.1 cm³/mol. The second-order valence-electron chi connectivity index (χ2n) is 6.00. The molecule has 1 rings (SSSR count). The van der Waals surface area contributed by atoms with E-state index in [1.54, 1.807) is 20.8 Å². The Labute approximate surface area is 111 Å². The van der Waals surface area contributed by atoms with Crippen molar-refractivity contribution in [1.29, 1.82) is 0 Å². The maximum absolute atomic E-state index is 13.0. The first-order valence-corrected chi connectivity index (χ1v) is 6.45. The number of alkyl halides is 2. The van der Waals surface area contributed by atoms with Crippen LogP contribution < -0.4 is 5.32 Å². The van der Waals surface area contributed by atoms with Crippen LogP contribution in [-0.4, -0.2) is 29.9 Å². The van der Waals surface area contributed by atoms with Crippen molar-refractivity contribution >= 4 is 12.4 Å². The van der Waals surface area contributed by atoms with Crippen molar-refractivity contribution in [2.45, 2.75) is 64.0 Å². The number of aldehydes is 1. The van der Waals surface area contributed by atoms with Crippen molar-refractivity contribution in [1.82, 2.24) is 5.32 Å². The van der Waals surface area contributed by atoms with Crippen LogP contribution in [0.25, 0.3) is 0 Å². The SMILES string of the molecule is CC(C)(C)OC(=O)N[C@H](C=O)C1CCC(F)(F)CC1. The third-order valence-corrected chi connectivity index (χ3v) is 3.10. The fraction of sp³-hybridized carbons (Fsp3) is 0.846. The molecule has 0 heterocycles. The number of carbonyl (C=O) groups is 2. The zero-order valence-electron chi connectivity index (χ0n) is 11.5. The molecule has 19 heavy (non-hydrogen) atoms. The maximum Gasteiger partial charge on any atom is 0.408 e. The summed E-state index contributed by atoms with van der Waals surface area (Å²) < 4.78 is 31.1. The van der Waals surface area contributed by atoms with E-state index in [0.717, 1.165) is 0 Å². The summed E-state index contributed by atoms with van der Waals surface area (Å²) in [6.45, 7) is 5.14. The Hall–Kier alpha value is -1.20. The number of nitrogens with one attached hydrogen (secondary N) is 1. The number of carbonyl (C=O) groups excluding carboxylic acids is 2. The second-order valence-corrected chi connectivity index (χ2v) is 6.00. The Balaban J connectivity index is 2.50. The molecule has 0 aliphatic heterocycles. The largest absolute Gasteiger partial charge is 0.444 e. The minimum atomic E-state index is -2.64. The lowest BCUT2D eigenvalue weighted by Gasteiger charge is -2.32. The van der Waals surface area contributed by atoms with E-state index in [1.165, 1.54) is 0 Å². The van der Waals surface area contributed by atoms with E-state index in [2.05, 4.69) is 5.32 Å². The van der Waals surface area contributed by atoms with E-state index in [0.29, 0.717) is 6.29 Å². The summed E-state index contributed by atoms with van der Waals surface area (Å²) in [7, 11) is 0. The smallest absolute Gasteiger partial charge is 0.408 e. The topological polar surface area (TPSA) is 55.4 Å². The van der Waals surface area contributed by atoms with Crippen LogP contribution in [0.4, 0.5) is 13.6 Å². The fourth-order valence-corrected chi connectivity index (χ4v) is 2.13. The van der Waals surface area contributed by atoms with Gasteiger partial charge in [-0.3, -0.25) is 0 Å². The van der Waals surface area contributed by atoms with E-state index in [9.17, 15) is 18.4 Å². The minimum absolute atomic E-state index is 0.228. The molecule has 1 aliphatic rings. The van der Waals surface area contributed by atoms with E-state index >= 15 is 0 Å². The Kier molecular flexibility index (Phi) is 4.87. The molecule has 110 valence electrons. The molecular formula is C13H21F2NO3. The molecule has 0 spiro atoms. The summed E-state index contributed by atoms with van der Waals surface area (Å²) in [5.41, 5.74) is -0.656. The highest BCUT2D eigenvalue weighted by Gasteiger charge is 2.38. The van der Waals surface area contributed by atoms with Gasteiger partial charge in [0.1, 0.15) is 11.9 Å². The van der Waals surface area contributed by atoms with E-state index in [4.69, 9.17) is 4.74 Å². The van der Waals surface area contributed by atoms with Gasteiger partial charge in [0, 0.05) is 12.8 Å². The van der Waals surface area contributed by atoms with Crippen LogP contribution in [0, 0.1) is 5.92 Å². The molecule has 6 heteroatoms. The maximum atomic E-state index is 13.0. The molecule has 1 atom stereocenters. The van der Waals surface area contributed by atoms with Gasteiger partial charge in [0.25, 0.3) is 0 Å². The van der Waals surface area contributed by atoms with E-state index in [-0.39, 0.29) is 31.6 Å². The van der Waals surface area contributed by atoms with Crippen molar-refractivity contribution in [3.05, 3.63) is 0 Å². The Morgan fingerprint density at radius 3 is 2.32 bits per heavy atom. The molecule has 0 aromatic rings. The molecule has 1 amide bonds. The Morgan fingerprint density at radius 2 is 1.89 bits per heavy atom. The van der Waals surface area contributed by atoms with Crippen LogP contribution in [0.15, 0.2) is 0 Å². The summed E-state index contributed by atoms with van der Waals surface area (Å²) in [6.07, 6.45) is -0.117. The standard InChI is InChI=1S/C13H21F2NO3/c1-12(2,3)19-11(18)16-10(8-17)9-4-6-13(14,15)7-5-9/h8-10H,4-7H2,1-3H3,(H,16,18)/t10-/m1/s1.